The van der Waals surface area contributed by atoms with Crippen molar-refractivity contribution in [2.24, 2.45) is 7.05 Å². The second-order valence-corrected chi connectivity index (χ2v) is 3.56. The number of rotatable bonds is 2. The molecule has 4 nitrogen and oxygen atoms in total. The van der Waals surface area contributed by atoms with E-state index in [1.807, 2.05) is 14.0 Å². The predicted octanol–water partition coefficient (Wildman–Crippen LogP) is 1.58. The highest BCUT2D eigenvalue weighted by atomic mass is 35.5. The second kappa shape index (κ2) is 3.44. The fraction of sp³-hybridized carbons (Fsp3) is 0.400. The van der Waals surface area contributed by atoms with Crippen LogP contribution in [0.1, 0.15) is 5.69 Å². The molecular weight excluding hydrogens is 186 g/mol. The molecule has 0 fully saturated rings. The molecule has 1 aromatic heterocycles. The quantitative estimate of drug-likeness (QED) is 0.440. The fourth-order valence-electron chi connectivity index (χ4n) is 0.749. The maximum Gasteiger partial charge on any atom is 0.0743 e. The third-order valence-corrected chi connectivity index (χ3v) is 2.10. The zero-order valence-electron chi connectivity index (χ0n) is 6.15. The van der Waals surface area contributed by atoms with Gasteiger partial charge >= 0.3 is 0 Å². The Morgan fingerprint density at radius 3 is 2.82 bits per heavy atom. The van der Waals surface area contributed by atoms with Crippen LogP contribution in [-0.4, -0.2) is 19.0 Å². The van der Waals surface area contributed by atoms with Crippen molar-refractivity contribution in [1.29, 1.82) is 0 Å². The summed E-state index contributed by atoms with van der Waals surface area (Å²) in [5.74, 6) is 0. The maximum atomic E-state index is 8.66. The van der Waals surface area contributed by atoms with Gasteiger partial charge in [-0.25, -0.2) is 0 Å². The zero-order valence-corrected chi connectivity index (χ0v) is 7.72. The number of aryl methyl sites for hydroxylation is 2. The molecule has 0 spiro atoms. The molecule has 1 N–H and O–H groups in total. The van der Waals surface area contributed by atoms with Gasteiger partial charge in [0.25, 0.3) is 0 Å². The van der Waals surface area contributed by atoms with E-state index in [9.17, 15) is 0 Å². The van der Waals surface area contributed by atoms with Crippen LogP contribution in [0.15, 0.2) is 11.1 Å². The number of hydrogen-bond acceptors (Lipinski definition) is 4. The van der Waals surface area contributed by atoms with Crippen molar-refractivity contribution in [1.82, 2.24) is 13.8 Å². The molecule has 0 radical (unpaired) electrons. The Bertz CT molecular complexity index is 250. The first-order valence-electron chi connectivity index (χ1n) is 2.92. The van der Waals surface area contributed by atoms with Crippen molar-refractivity contribution in [3.63, 3.8) is 0 Å². The van der Waals surface area contributed by atoms with Crippen LogP contribution in [0.5, 0.6) is 0 Å². The average molecular weight is 194 g/mol. The SMILES string of the molecule is Cc1nn(C)cc1SN(O)Cl. The summed E-state index contributed by atoms with van der Waals surface area (Å²) in [4.78, 5) is 0.838. The molecule has 6 heteroatoms. The van der Waals surface area contributed by atoms with E-state index in [1.54, 1.807) is 10.9 Å². The van der Waals surface area contributed by atoms with Crippen molar-refractivity contribution in [2.75, 3.05) is 0 Å². The van der Waals surface area contributed by atoms with Crippen LogP contribution in [0.3, 0.4) is 0 Å². The summed E-state index contributed by atoms with van der Waals surface area (Å²) in [6, 6.07) is 0. The first-order chi connectivity index (χ1) is 5.09. The van der Waals surface area contributed by atoms with Crippen LogP contribution < -0.4 is 0 Å². The van der Waals surface area contributed by atoms with Gasteiger partial charge in [-0.3, -0.25) is 9.89 Å². The molecule has 0 bridgehead atoms. The standard InChI is InChI=1S/C5H8ClN3OS/c1-4-5(11-9(6)10)3-8(2)7-4/h3,10H,1-2H3. The van der Waals surface area contributed by atoms with Gasteiger partial charge in [-0.1, -0.05) is 0 Å². The van der Waals surface area contributed by atoms with Crippen LogP contribution in [0, 0.1) is 6.92 Å². The van der Waals surface area contributed by atoms with E-state index < -0.39 is 0 Å². The maximum absolute atomic E-state index is 8.66. The molecular formula is C5H8ClN3OS. The summed E-state index contributed by atoms with van der Waals surface area (Å²) in [5, 5.41) is 12.7. The van der Waals surface area contributed by atoms with Gasteiger partial charge in [-0.2, -0.15) is 5.10 Å². The molecule has 62 valence electrons. The zero-order chi connectivity index (χ0) is 8.43. The lowest BCUT2D eigenvalue weighted by Gasteiger charge is -1.99. The summed E-state index contributed by atoms with van der Waals surface area (Å²) < 4.78 is 2.20. The lowest BCUT2D eigenvalue weighted by atomic mass is 10.5. The Kier molecular flexibility index (Phi) is 2.78. The highest BCUT2D eigenvalue weighted by Gasteiger charge is 2.06. The van der Waals surface area contributed by atoms with E-state index in [0.717, 1.165) is 22.5 Å². The predicted molar refractivity (Wildman–Crippen MR) is 43.3 cm³/mol. The van der Waals surface area contributed by atoms with Gasteiger partial charge in [0.2, 0.25) is 0 Å². The minimum atomic E-state index is 0.532. The van der Waals surface area contributed by atoms with Crippen molar-refractivity contribution in [3.8, 4) is 0 Å². The highest BCUT2D eigenvalue weighted by molar-refractivity contribution is 7.97. The van der Waals surface area contributed by atoms with Crippen LogP contribution in [0.2, 0.25) is 0 Å². The Labute approximate surface area is 74.0 Å². The Hall–Kier alpha value is -0.230. The lowest BCUT2D eigenvalue weighted by Crippen LogP contribution is -1.91. The molecule has 0 saturated carbocycles. The number of hydrogen-bond donors (Lipinski definition) is 1. The van der Waals surface area contributed by atoms with Crippen LogP contribution >= 0.6 is 23.7 Å². The van der Waals surface area contributed by atoms with E-state index >= 15 is 0 Å². The monoisotopic (exact) mass is 193 g/mol. The fourth-order valence-corrected chi connectivity index (χ4v) is 1.51. The van der Waals surface area contributed by atoms with Gasteiger partial charge in [-0.05, 0) is 10.9 Å². The first kappa shape index (κ1) is 8.86. The summed E-state index contributed by atoms with van der Waals surface area (Å²) in [6.07, 6.45) is 1.78. The van der Waals surface area contributed by atoms with Gasteiger partial charge in [-0.15, -0.1) is 0 Å². The number of aromatic nitrogens is 2. The van der Waals surface area contributed by atoms with Crippen LogP contribution in [0.25, 0.3) is 0 Å². The van der Waals surface area contributed by atoms with E-state index in [1.165, 1.54) is 0 Å². The molecule has 0 unspecified atom stereocenters. The van der Waals surface area contributed by atoms with Crippen molar-refractivity contribution in [2.45, 2.75) is 11.8 Å². The summed E-state index contributed by atoms with van der Waals surface area (Å²) in [7, 11) is 1.81. The third kappa shape index (κ3) is 2.37. The first-order valence-corrected chi connectivity index (χ1v) is 4.03. The van der Waals surface area contributed by atoms with Crippen LogP contribution in [-0.2, 0) is 7.05 Å². The molecule has 0 amide bonds. The van der Waals surface area contributed by atoms with Gasteiger partial charge in [0.05, 0.1) is 10.6 Å². The molecule has 1 rings (SSSR count). The molecule has 0 aliphatic rings. The van der Waals surface area contributed by atoms with Gasteiger partial charge < -0.3 is 0 Å². The van der Waals surface area contributed by atoms with Gasteiger partial charge in [0.15, 0.2) is 0 Å². The van der Waals surface area contributed by atoms with Crippen LogP contribution in [0.4, 0.5) is 0 Å². The summed E-state index contributed by atoms with van der Waals surface area (Å²) in [5.41, 5.74) is 0.845. The topological polar surface area (TPSA) is 41.3 Å². The molecule has 0 aromatic carbocycles. The van der Waals surface area contributed by atoms with Gasteiger partial charge in [0, 0.05) is 37.0 Å². The smallest absolute Gasteiger partial charge is 0.0743 e. The normalized spacial score (nSPS) is 11.0. The molecule has 1 heterocycles. The molecule has 0 aliphatic heterocycles. The number of halogens is 1. The average Bonchev–Trinajstić information content (AvgIpc) is 2.09. The Balaban J connectivity index is 2.77. The molecule has 0 saturated heterocycles. The third-order valence-electron chi connectivity index (χ3n) is 1.14. The summed E-state index contributed by atoms with van der Waals surface area (Å²) in [6.45, 7) is 1.85. The number of nitrogens with zero attached hydrogens (tertiary/aromatic N) is 3. The van der Waals surface area contributed by atoms with Gasteiger partial charge in [0.1, 0.15) is 0 Å². The highest BCUT2D eigenvalue weighted by Crippen LogP contribution is 2.24. The Morgan fingerprint density at radius 2 is 2.45 bits per heavy atom. The minimum absolute atomic E-state index is 0.532. The van der Waals surface area contributed by atoms with Crippen molar-refractivity contribution in [3.05, 3.63) is 11.9 Å². The van der Waals surface area contributed by atoms with Crippen molar-refractivity contribution < 1.29 is 5.21 Å². The summed E-state index contributed by atoms with van der Waals surface area (Å²) >= 11 is 6.23. The minimum Gasteiger partial charge on any atom is -0.288 e. The lowest BCUT2D eigenvalue weighted by molar-refractivity contribution is 0.114. The Morgan fingerprint density at radius 1 is 1.82 bits per heavy atom. The molecule has 0 aliphatic carbocycles. The second-order valence-electron chi connectivity index (χ2n) is 2.07. The van der Waals surface area contributed by atoms with E-state index in [-0.39, 0.29) is 0 Å². The van der Waals surface area contributed by atoms with E-state index in [0.29, 0.717) is 3.99 Å². The molecule has 0 atom stereocenters. The largest absolute Gasteiger partial charge is 0.288 e. The van der Waals surface area contributed by atoms with E-state index in [4.69, 9.17) is 17.0 Å². The van der Waals surface area contributed by atoms with E-state index in [2.05, 4.69) is 5.10 Å². The molecule has 1 aromatic rings. The molecule has 11 heavy (non-hydrogen) atoms. The van der Waals surface area contributed by atoms with Crippen molar-refractivity contribution >= 4 is 23.7 Å².